The highest BCUT2D eigenvalue weighted by molar-refractivity contribution is 7.91. The number of nitrogen functional groups attached to an aromatic ring is 1. The number of rotatable bonds is 8. The highest BCUT2D eigenvalue weighted by Gasteiger charge is 2.24. The van der Waals surface area contributed by atoms with Gasteiger partial charge in [-0.1, -0.05) is 6.92 Å². The lowest BCUT2D eigenvalue weighted by molar-refractivity contribution is 0.0855. The molecule has 19 heavy (non-hydrogen) atoms. The van der Waals surface area contributed by atoms with Gasteiger partial charge in [-0.3, -0.25) is 0 Å². The molecule has 0 aliphatic heterocycles. The van der Waals surface area contributed by atoms with Crippen LogP contribution in [0.25, 0.3) is 0 Å². The molecule has 0 saturated carbocycles. The van der Waals surface area contributed by atoms with Crippen molar-refractivity contribution in [1.29, 1.82) is 0 Å². The van der Waals surface area contributed by atoms with Crippen molar-refractivity contribution >= 4 is 32.2 Å². The van der Waals surface area contributed by atoms with E-state index in [1.54, 1.807) is 0 Å². The van der Waals surface area contributed by atoms with E-state index in [1.165, 1.54) is 0 Å². The van der Waals surface area contributed by atoms with Gasteiger partial charge in [-0.15, -0.1) is 0 Å². The Hall–Kier alpha value is -0.860. The topological polar surface area (TPSA) is 94.3 Å². The second-order valence-corrected chi connectivity index (χ2v) is 7.01. The lowest BCUT2D eigenvalue weighted by atomic mass is 10.4. The Labute approximate surface area is 118 Å². The number of nitrogens with one attached hydrogen (secondary N) is 1. The summed E-state index contributed by atoms with van der Waals surface area (Å²) in [6, 6.07) is 0. The van der Waals surface area contributed by atoms with Gasteiger partial charge in [0.15, 0.2) is 15.7 Å². The van der Waals surface area contributed by atoms with E-state index in [0.29, 0.717) is 24.6 Å². The zero-order valence-electron chi connectivity index (χ0n) is 11.5. The number of nitrogens with two attached hydrogens (primary N) is 1. The Kier molecular flexibility index (Phi) is 6.02. The van der Waals surface area contributed by atoms with Crippen LogP contribution in [-0.2, 0) is 14.6 Å². The van der Waals surface area contributed by atoms with E-state index in [4.69, 9.17) is 10.5 Å². The van der Waals surface area contributed by atoms with E-state index in [1.807, 2.05) is 20.8 Å². The van der Waals surface area contributed by atoms with Gasteiger partial charge in [0.05, 0.1) is 11.9 Å². The largest absolute Gasteiger partial charge is 0.382 e. The van der Waals surface area contributed by atoms with Crippen LogP contribution in [0.3, 0.4) is 0 Å². The van der Waals surface area contributed by atoms with Crippen molar-refractivity contribution in [3.8, 4) is 0 Å². The molecule has 110 valence electrons. The lowest BCUT2D eigenvalue weighted by Crippen LogP contribution is -2.20. The highest BCUT2D eigenvalue weighted by Crippen LogP contribution is 2.32. The predicted octanol–water partition coefficient (Wildman–Crippen LogP) is 1.75. The zero-order valence-corrected chi connectivity index (χ0v) is 13.1. The molecule has 3 N–H and O–H groups in total. The summed E-state index contributed by atoms with van der Waals surface area (Å²) in [6.45, 7) is 6.79. The van der Waals surface area contributed by atoms with Crippen molar-refractivity contribution < 1.29 is 13.2 Å². The molecule has 1 aromatic rings. The van der Waals surface area contributed by atoms with E-state index in [0.717, 1.165) is 11.5 Å². The summed E-state index contributed by atoms with van der Waals surface area (Å²) in [4.78, 5) is 0.128. The van der Waals surface area contributed by atoms with Crippen molar-refractivity contribution in [2.45, 2.75) is 38.2 Å². The molecular weight excluding hydrogens is 286 g/mol. The Morgan fingerprint density at radius 1 is 1.47 bits per heavy atom. The Bertz CT molecular complexity index is 499. The van der Waals surface area contributed by atoms with Gasteiger partial charge in [-0.25, -0.2) is 8.42 Å². The standard InChI is InChI=1S/C11H21N3O3S2/c1-4-6-19(15,16)9-10(12)14-18-11(9)13-7-8(3)17-5-2/h8,13H,4-7H2,1-3H3,(H2,12,14). The quantitative estimate of drug-likeness (QED) is 0.760. The fourth-order valence-electron chi connectivity index (χ4n) is 1.66. The molecule has 0 spiro atoms. The third kappa shape index (κ3) is 4.32. The fraction of sp³-hybridized carbons (Fsp3) is 0.727. The predicted molar refractivity (Wildman–Crippen MR) is 78.4 cm³/mol. The van der Waals surface area contributed by atoms with Crippen LogP contribution in [0.15, 0.2) is 4.90 Å². The zero-order chi connectivity index (χ0) is 14.5. The Morgan fingerprint density at radius 3 is 2.74 bits per heavy atom. The maximum atomic E-state index is 12.1. The van der Waals surface area contributed by atoms with Crippen LogP contribution < -0.4 is 11.1 Å². The first-order valence-corrected chi connectivity index (χ1v) is 8.68. The molecule has 0 aliphatic carbocycles. The van der Waals surface area contributed by atoms with Gasteiger partial charge in [0.25, 0.3) is 0 Å². The minimum atomic E-state index is -3.37. The number of sulfone groups is 1. The molecule has 1 unspecified atom stereocenters. The summed E-state index contributed by atoms with van der Waals surface area (Å²) >= 11 is 1.07. The molecule has 0 saturated heterocycles. The van der Waals surface area contributed by atoms with E-state index < -0.39 is 9.84 Å². The molecular formula is C11H21N3O3S2. The number of hydrogen-bond acceptors (Lipinski definition) is 7. The first-order chi connectivity index (χ1) is 8.92. The molecule has 0 fully saturated rings. The van der Waals surface area contributed by atoms with Crippen LogP contribution in [0, 0.1) is 0 Å². The van der Waals surface area contributed by atoms with Gasteiger partial charge >= 0.3 is 0 Å². The SMILES string of the molecule is CCCS(=O)(=O)c1c(N)nsc1NCC(C)OCC. The summed E-state index contributed by atoms with van der Waals surface area (Å²) in [7, 11) is -3.37. The van der Waals surface area contributed by atoms with Gasteiger partial charge in [0, 0.05) is 13.2 Å². The maximum Gasteiger partial charge on any atom is 0.185 e. The van der Waals surface area contributed by atoms with Crippen molar-refractivity contribution in [3.05, 3.63) is 0 Å². The smallest absolute Gasteiger partial charge is 0.185 e. The summed E-state index contributed by atoms with van der Waals surface area (Å²) in [5, 5.41) is 3.55. The number of aromatic nitrogens is 1. The molecule has 0 amide bonds. The second-order valence-electron chi connectivity index (χ2n) is 4.19. The van der Waals surface area contributed by atoms with Crippen LogP contribution in [0.5, 0.6) is 0 Å². The van der Waals surface area contributed by atoms with E-state index >= 15 is 0 Å². The van der Waals surface area contributed by atoms with Crippen LogP contribution >= 0.6 is 11.5 Å². The molecule has 1 aromatic heterocycles. The van der Waals surface area contributed by atoms with Gasteiger partial charge in [0.2, 0.25) is 0 Å². The first-order valence-electron chi connectivity index (χ1n) is 6.25. The third-order valence-electron chi connectivity index (χ3n) is 2.46. The van der Waals surface area contributed by atoms with E-state index in [9.17, 15) is 8.42 Å². The van der Waals surface area contributed by atoms with Crippen molar-refractivity contribution in [3.63, 3.8) is 0 Å². The molecule has 1 atom stereocenters. The van der Waals surface area contributed by atoms with Crippen molar-refractivity contribution in [2.24, 2.45) is 0 Å². The molecule has 0 aromatic carbocycles. The minimum Gasteiger partial charge on any atom is -0.382 e. The molecule has 1 heterocycles. The highest BCUT2D eigenvalue weighted by atomic mass is 32.2. The van der Waals surface area contributed by atoms with Gasteiger partial charge < -0.3 is 15.8 Å². The van der Waals surface area contributed by atoms with Gasteiger partial charge in [-0.2, -0.15) is 4.37 Å². The van der Waals surface area contributed by atoms with E-state index in [2.05, 4.69) is 9.69 Å². The average Bonchev–Trinajstić information content (AvgIpc) is 2.69. The number of anilines is 2. The number of nitrogens with zero attached hydrogens (tertiary/aromatic N) is 1. The van der Waals surface area contributed by atoms with Crippen molar-refractivity contribution in [2.75, 3.05) is 30.0 Å². The van der Waals surface area contributed by atoms with E-state index in [-0.39, 0.29) is 22.6 Å². The molecule has 0 aliphatic rings. The average molecular weight is 307 g/mol. The van der Waals surface area contributed by atoms with Crippen LogP contribution in [-0.4, -0.2) is 37.8 Å². The van der Waals surface area contributed by atoms with Crippen LogP contribution in [0.2, 0.25) is 0 Å². The molecule has 1 rings (SSSR count). The fourth-order valence-corrected chi connectivity index (χ4v) is 4.29. The summed E-state index contributed by atoms with van der Waals surface area (Å²) in [5.74, 6) is 0.149. The molecule has 0 bridgehead atoms. The normalized spacial score (nSPS) is 13.4. The van der Waals surface area contributed by atoms with Gasteiger partial charge in [-0.05, 0) is 31.8 Å². The molecule has 6 nitrogen and oxygen atoms in total. The number of hydrogen-bond donors (Lipinski definition) is 2. The minimum absolute atomic E-state index is 0.00458. The summed E-state index contributed by atoms with van der Waals surface area (Å²) in [6.07, 6.45) is 0.543. The molecule has 8 heteroatoms. The Balaban J connectivity index is 2.86. The van der Waals surface area contributed by atoms with Gasteiger partial charge in [0.1, 0.15) is 9.90 Å². The Morgan fingerprint density at radius 2 is 2.16 bits per heavy atom. The van der Waals surface area contributed by atoms with Crippen molar-refractivity contribution in [1.82, 2.24) is 4.37 Å². The van der Waals surface area contributed by atoms with Crippen LogP contribution in [0.1, 0.15) is 27.2 Å². The maximum absolute atomic E-state index is 12.1. The van der Waals surface area contributed by atoms with Crippen LogP contribution in [0.4, 0.5) is 10.8 Å². The summed E-state index contributed by atoms with van der Waals surface area (Å²) < 4.78 is 33.6. The first kappa shape index (κ1) is 16.2. The summed E-state index contributed by atoms with van der Waals surface area (Å²) in [5.41, 5.74) is 5.67. The monoisotopic (exact) mass is 307 g/mol. The number of ether oxygens (including phenoxy) is 1. The lowest BCUT2D eigenvalue weighted by Gasteiger charge is -2.13. The third-order valence-corrected chi connectivity index (χ3v) is 5.39. The second kappa shape index (κ2) is 7.06. The molecule has 0 radical (unpaired) electrons.